The summed E-state index contributed by atoms with van der Waals surface area (Å²) in [4.78, 5) is 17.0. The Hall–Kier alpha value is -2.53. The summed E-state index contributed by atoms with van der Waals surface area (Å²) in [7, 11) is 2.15. The zero-order chi connectivity index (χ0) is 19.9. The summed E-state index contributed by atoms with van der Waals surface area (Å²) in [5.74, 6) is 1.05. The lowest BCUT2D eigenvalue weighted by atomic mass is 9.98. The molecule has 1 amide bonds. The van der Waals surface area contributed by atoms with Crippen molar-refractivity contribution in [3.05, 3.63) is 54.1 Å². The minimum atomic E-state index is -0.147. The molecule has 0 spiro atoms. The number of anilines is 2. The number of nitrogens with zero attached hydrogens (tertiary/aromatic N) is 2. The molecule has 0 radical (unpaired) electrons. The van der Waals surface area contributed by atoms with Crippen molar-refractivity contribution in [2.75, 3.05) is 50.1 Å². The van der Waals surface area contributed by atoms with E-state index in [1.165, 1.54) is 5.69 Å². The molecule has 0 saturated carbocycles. The van der Waals surface area contributed by atoms with Crippen LogP contribution in [0.3, 0.4) is 0 Å². The summed E-state index contributed by atoms with van der Waals surface area (Å²) in [6, 6.07) is 16.0. The van der Waals surface area contributed by atoms with Crippen LogP contribution in [0.4, 0.5) is 11.4 Å². The monoisotopic (exact) mass is 381 g/mol. The van der Waals surface area contributed by atoms with Gasteiger partial charge in [0.15, 0.2) is 6.61 Å². The molecule has 1 aliphatic heterocycles. The normalized spacial score (nSPS) is 15.9. The van der Waals surface area contributed by atoms with Crippen LogP contribution in [0.5, 0.6) is 5.75 Å². The number of nitrogens with one attached hydrogen (secondary N) is 1. The molecular formula is C23H31N3O2. The maximum absolute atomic E-state index is 12.3. The zero-order valence-electron chi connectivity index (χ0n) is 17.1. The Morgan fingerprint density at radius 2 is 1.75 bits per heavy atom. The number of likely N-dealkylation sites (N-methyl/N-ethyl adjacent to an activating group) is 1. The van der Waals surface area contributed by atoms with E-state index in [9.17, 15) is 4.79 Å². The van der Waals surface area contributed by atoms with Gasteiger partial charge in [-0.1, -0.05) is 32.0 Å². The first kappa shape index (κ1) is 20.2. The van der Waals surface area contributed by atoms with Crippen molar-refractivity contribution in [2.45, 2.75) is 26.2 Å². The molecule has 3 rings (SSSR count). The number of rotatable bonds is 7. The Bertz CT molecular complexity index is 768. The molecule has 1 fully saturated rings. The molecule has 1 N–H and O–H groups in total. The van der Waals surface area contributed by atoms with Crippen LogP contribution < -0.4 is 15.0 Å². The maximum atomic E-state index is 12.3. The van der Waals surface area contributed by atoms with Gasteiger partial charge in [-0.25, -0.2) is 0 Å². The van der Waals surface area contributed by atoms with Crippen LogP contribution in [-0.4, -0.2) is 50.6 Å². The molecule has 0 bridgehead atoms. The first-order chi connectivity index (χ1) is 13.6. The molecule has 1 saturated heterocycles. The smallest absolute Gasteiger partial charge is 0.262 e. The van der Waals surface area contributed by atoms with Crippen LogP contribution >= 0.6 is 0 Å². The van der Waals surface area contributed by atoms with E-state index in [4.69, 9.17) is 4.74 Å². The minimum absolute atomic E-state index is 0.00760. The topological polar surface area (TPSA) is 44.8 Å². The zero-order valence-corrected chi connectivity index (χ0v) is 17.1. The molecule has 0 unspecified atom stereocenters. The van der Waals surface area contributed by atoms with E-state index in [1.54, 1.807) is 0 Å². The van der Waals surface area contributed by atoms with Crippen molar-refractivity contribution in [1.82, 2.24) is 4.90 Å². The van der Waals surface area contributed by atoms with Gasteiger partial charge in [-0.2, -0.15) is 0 Å². The number of para-hydroxylation sites is 1. The Morgan fingerprint density at radius 3 is 2.43 bits per heavy atom. The summed E-state index contributed by atoms with van der Waals surface area (Å²) in [6.45, 7) is 8.55. The quantitative estimate of drug-likeness (QED) is 0.788. The molecule has 150 valence electrons. The van der Waals surface area contributed by atoms with Crippen LogP contribution in [0.2, 0.25) is 0 Å². The highest BCUT2D eigenvalue weighted by Crippen LogP contribution is 2.28. The number of piperazine rings is 1. The van der Waals surface area contributed by atoms with Crippen LogP contribution in [0.1, 0.15) is 31.7 Å². The van der Waals surface area contributed by atoms with Gasteiger partial charge in [-0.15, -0.1) is 0 Å². The van der Waals surface area contributed by atoms with Crippen molar-refractivity contribution >= 4 is 17.3 Å². The van der Waals surface area contributed by atoms with Crippen molar-refractivity contribution in [2.24, 2.45) is 0 Å². The first-order valence-electron chi connectivity index (χ1n) is 10.1. The number of hydrogen-bond acceptors (Lipinski definition) is 4. The van der Waals surface area contributed by atoms with Gasteiger partial charge in [0, 0.05) is 37.6 Å². The second-order valence-electron chi connectivity index (χ2n) is 7.52. The molecule has 0 aromatic heterocycles. The molecule has 2 aromatic rings. The van der Waals surface area contributed by atoms with Gasteiger partial charge in [0.05, 0.1) is 0 Å². The van der Waals surface area contributed by atoms with E-state index >= 15 is 0 Å². The van der Waals surface area contributed by atoms with Crippen molar-refractivity contribution < 1.29 is 9.53 Å². The predicted octanol–water partition coefficient (Wildman–Crippen LogP) is 3.97. The molecule has 5 heteroatoms. The molecule has 28 heavy (non-hydrogen) atoms. The fraction of sp³-hybridized carbons (Fsp3) is 0.435. The first-order valence-corrected chi connectivity index (χ1v) is 10.1. The highest BCUT2D eigenvalue weighted by Gasteiger charge is 2.14. The van der Waals surface area contributed by atoms with Crippen molar-refractivity contribution in [3.63, 3.8) is 0 Å². The van der Waals surface area contributed by atoms with Gasteiger partial charge >= 0.3 is 0 Å². The molecular weight excluding hydrogens is 350 g/mol. The van der Waals surface area contributed by atoms with Gasteiger partial charge in [0.2, 0.25) is 0 Å². The van der Waals surface area contributed by atoms with Gasteiger partial charge < -0.3 is 19.9 Å². The van der Waals surface area contributed by atoms with E-state index in [2.05, 4.69) is 54.2 Å². The van der Waals surface area contributed by atoms with Crippen molar-refractivity contribution in [3.8, 4) is 5.75 Å². The fourth-order valence-electron chi connectivity index (χ4n) is 3.40. The lowest BCUT2D eigenvalue weighted by Crippen LogP contribution is -2.44. The van der Waals surface area contributed by atoms with E-state index in [-0.39, 0.29) is 12.5 Å². The van der Waals surface area contributed by atoms with Crippen LogP contribution in [0.15, 0.2) is 48.5 Å². The Morgan fingerprint density at radius 1 is 1.07 bits per heavy atom. The predicted molar refractivity (Wildman–Crippen MR) is 115 cm³/mol. The molecule has 1 atom stereocenters. The van der Waals surface area contributed by atoms with E-state index in [0.717, 1.165) is 49.6 Å². The Labute approximate surface area is 168 Å². The third-order valence-electron chi connectivity index (χ3n) is 5.44. The van der Waals surface area contributed by atoms with Gasteiger partial charge in [0.25, 0.3) is 5.91 Å². The molecule has 2 aromatic carbocycles. The number of carbonyl (C=O) groups is 1. The number of hydrogen-bond donors (Lipinski definition) is 1. The van der Waals surface area contributed by atoms with E-state index in [0.29, 0.717) is 5.92 Å². The summed E-state index contributed by atoms with van der Waals surface area (Å²) >= 11 is 0. The average Bonchev–Trinajstić information content (AvgIpc) is 2.73. The lowest BCUT2D eigenvalue weighted by molar-refractivity contribution is -0.118. The number of carbonyl (C=O) groups excluding carboxylic acids is 1. The van der Waals surface area contributed by atoms with Gasteiger partial charge in [0.1, 0.15) is 5.75 Å². The summed E-state index contributed by atoms with van der Waals surface area (Å²) in [6.07, 6.45) is 1.03. The summed E-state index contributed by atoms with van der Waals surface area (Å²) < 4.78 is 5.80. The lowest BCUT2D eigenvalue weighted by Gasteiger charge is -2.34. The maximum Gasteiger partial charge on any atom is 0.262 e. The largest absolute Gasteiger partial charge is 0.483 e. The third-order valence-corrected chi connectivity index (χ3v) is 5.44. The standard InChI is InChI=1S/C23H31N3O2/c1-4-18(2)21-7-5-6-8-22(21)28-17-23(27)24-19-9-11-20(12-10-19)26-15-13-25(3)14-16-26/h5-12,18H,4,13-17H2,1-3H3,(H,24,27)/t18-/m1/s1. The number of benzene rings is 2. The highest BCUT2D eigenvalue weighted by molar-refractivity contribution is 5.92. The molecule has 0 aliphatic carbocycles. The summed E-state index contributed by atoms with van der Waals surface area (Å²) in [5.41, 5.74) is 3.14. The SMILES string of the molecule is CC[C@@H](C)c1ccccc1OCC(=O)Nc1ccc(N2CCN(C)CC2)cc1. The Balaban J connectivity index is 1.53. The van der Waals surface area contributed by atoms with Crippen LogP contribution in [0.25, 0.3) is 0 Å². The second-order valence-corrected chi connectivity index (χ2v) is 7.52. The van der Waals surface area contributed by atoms with Gasteiger partial charge in [-0.05, 0) is 55.3 Å². The minimum Gasteiger partial charge on any atom is -0.483 e. The molecule has 1 heterocycles. The van der Waals surface area contributed by atoms with E-state index < -0.39 is 0 Å². The summed E-state index contributed by atoms with van der Waals surface area (Å²) in [5, 5.41) is 2.92. The molecule has 5 nitrogen and oxygen atoms in total. The highest BCUT2D eigenvalue weighted by atomic mass is 16.5. The van der Waals surface area contributed by atoms with Gasteiger partial charge in [-0.3, -0.25) is 4.79 Å². The second kappa shape index (κ2) is 9.60. The van der Waals surface area contributed by atoms with E-state index in [1.807, 2.05) is 30.3 Å². The number of ether oxygens (including phenoxy) is 1. The molecule has 1 aliphatic rings. The number of amides is 1. The third kappa shape index (κ3) is 5.26. The van der Waals surface area contributed by atoms with Crippen LogP contribution in [-0.2, 0) is 4.79 Å². The van der Waals surface area contributed by atoms with Crippen molar-refractivity contribution in [1.29, 1.82) is 0 Å². The fourth-order valence-corrected chi connectivity index (χ4v) is 3.40. The average molecular weight is 382 g/mol. The Kier molecular flexibility index (Phi) is 6.93. The van der Waals surface area contributed by atoms with Crippen LogP contribution in [0, 0.1) is 0 Å².